The lowest BCUT2D eigenvalue weighted by Crippen LogP contribution is -2.28. The van der Waals surface area contributed by atoms with E-state index in [4.69, 9.17) is 4.74 Å². The molecule has 0 bridgehead atoms. The summed E-state index contributed by atoms with van der Waals surface area (Å²) >= 11 is 0. The van der Waals surface area contributed by atoms with Gasteiger partial charge in [0.05, 0.1) is 12.4 Å². The Labute approximate surface area is 121 Å². The number of rotatable bonds is 9. The van der Waals surface area contributed by atoms with Gasteiger partial charge >= 0.3 is 0 Å². The molecule has 0 aliphatic rings. The van der Waals surface area contributed by atoms with Gasteiger partial charge in [0.2, 0.25) is 10.0 Å². The zero-order valence-electron chi connectivity index (χ0n) is 12.3. The molecule has 0 saturated heterocycles. The highest BCUT2D eigenvalue weighted by Gasteiger charge is 2.10. The maximum absolute atomic E-state index is 11.8. The van der Waals surface area contributed by atoms with Gasteiger partial charge in [0.15, 0.2) is 0 Å². The molecule has 0 heterocycles. The molecule has 1 aromatic carbocycles. The third kappa shape index (κ3) is 7.00. The van der Waals surface area contributed by atoms with Crippen LogP contribution >= 0.6 is 0 Å². The van der Waals surface area contributed by atoms with Crippen LogP contribution in [0.3, 0.4) is 0 Å². The van der Waals surface area contributed by atoms with Crippen molar-refractivity contribution in [3.8, 4) is 0 Å². The highest BCUT2D eigenvalue weighted by atomic mass is 32.2. The fraction of sp³-hybridized carbons (Fsp3) is 0.571. The average Bonchev–Trinajstić information content (AvgIpc) is 2.37. The fourth-order valence-corrected chi connectivity index (χ4v) is 2.77. The third-order valence-corrected chi connectivity index (χ3v) is 4.08. The zero-order chi connectivity index (χ0) is 15.0. The Balaban J connectivity index is 2.52. The molecule has 0 atom stereocenters. The minimum Gasteiger partial charge on any atom is -0.383 e. The van der Waals surface area contributed by atoms with E-state index in [1.54, 1.807) is 0 Å². The number of nitrogens with one attached hydrogen (secondary N) is 2. The van der Waals surface area contributed by atoms with Crippen molar-refractivity contribution >= 4 is 10.0 Å². The van der Waals surface area contributed by atoms with Crippen LogP contribution in [0, 0.1) is 0 Å². The minimum absolute atomic E-state index is 0.00535. The van der Waals surface area contributed by atoms with Gasteiger partial charge in [0.1, 0.15) is 0 Å². The van der Waals surface area contributed by atoms with Crippen LogP contribution in [0.5, 0.6) is 0 Å². The van der Waals surface area contributed by atoms with Crippen LogP contribution < -0.4 is 10.0 Å². The summed E-state index contributed by atoms with van der Waals surface area (Å²) in [5.41, 5.74) is 1.93. The molecule has 0 spiro atoms. The molecule has 5 nitrogen and oxygen atoms in total. The smallest absolute Gasteiger partial charge is 0.215 e. The van der Waals surface area contributed by atoms with Gasteiger partial charge in [-0.25, -0.2) is 13.1 Å². The second-order valence-electron chi connectivity index (χ2n) is 5.00. The maximum Gasteiger partial charge on any atom is 0.215 e. The van der Waals surface area contributed by atoms with Crippen molar-refractivity contribution in [1.29, 1.82) is 0 Å². The van der Waals surface area contributed by atoms with Crippen molar-refractivity contribution in [2.45, 2.75) is 32.2 Å². The summed E-state index contributed by atoms with van der Waals surface area (Å²) in [6.45, 7) is 5.64. The lowest BCUT2D eigenvalue weighted by Gasteiger charge is -2.09. The summed E-state index contributed by atoms with van der Waals surface area (Å²) < 4.78 is 30.9. The lowest BCUT2D eigenvalue weighted by atomic mass is 10.1. The number of benzene rings is 1. The SMILES string of the molecule is COCCNS(=O)(=O)Cc1ccc(CNC(C)C)cc1. The van der Waals surface area contributed by atoms with E-state index in [0.29, 0.717) is 19.2 Å². The van der Waals surface area contributed by atoms with Crippen LogP contribution in [0.2, 0.25) is 0 Å². The number of methoxy groups -OCH3 is 1. The van der Waals surface area contributed by atoms with Crippen molar-refractivity contribution in [2.24, 2.45) is 0 Å². The number of hydrogen-bond acceptors (Lipinski definition) is 4. The zero-order valence-corrected chi connectivity index (χ0v) is 13.2. The molecule has 0 amide bonds. The van der Waals surface area contributed by atoms with Gasteiger partial charge in [-0.05, 0) is 11.1 Å². The van der Waals surface area contributed by atoms with Crippen molar-refractivity contribution in [1.82, 2.24) is 10.0 Å². The van der Waals surface area contributed by atoms with Crippen LogP contribution in [0.4, 0.5) is 0 Å². The molecule has 0 aliphatic carbocycles. The largest absolute Gasteiger partial charge is 0.383 e. The lowest BCUT2D eigenvalue weighted by molar-refractivity contribution is 0.204. The normalized spacial score (nSPS) is 12.0. The summed E-state index contributed by atoms with van der Waals surface area (Å²) in [7, 11) is -1.75. The number of hydrogen-bond donors (Lipinski definition) is 2. The first-order chi connectivity index (χ1) is 9.43. The van der Waals surface area contributed by atoms with Gasteiger partial charge in [-0.1, -0.05) is 38.1 Å². The van der Waals surface area contributed by atoms with Crippen molar-refractivity contribution in [3.63, 3.8) is 0 Å². The molecular weight excluding hydrogens is 276 g/mol. The Morgan fingerprint density at radius 1 is 1.15 bits per heavy atom. The first-order valence-electron chi connectivity index (χ1n) is 6.70. The second kappa shape index (κ2) is 8.36. The first kappa shape index (κ1) is 17.1. The quantitative estimate of drug-likeness (QED) is 0.674. The molecule has 6 heteroatoms. The van der Waals surface area contributed by atoms with Crippen LogP contribution in [0.1, 0.15) is 25.0 Å². The molecule has 0 aliphatic heterocycles. The van der Waals surface area contributed by atoms with Crippen molar-refractivity contribution < 1.29 is 13.2 Å². The van der Waals surface area contributed by atoms with E-state index >= 15 is 0 Å². The van der Waals surface area contributed by atoms with E-state index in [0.717, 1.165) is 17.7 Å². The van der Waals surface area contributed by atoms with Crippen LogP contribution in [0.25, 0.3) is 0 Å². The van der Waals surface area contributed by atoms with Gasteiger partial charge in [-0.15, -0.1) is 0 Å². The van der Waals surface area contributed by atoms with Gasteiger partial charge in [-0.2, -0.15) is 0 Å². The molecule has 0 unspecified atom stereocenters. The predicted octanol–water partition coefficient (Wildman–Crippen LogP) is 1.25. The first-order valence-corrected chi connectivity index (χ1v) is 8.35. The number of sulfonamides is 1. The topological polar surface area (TPSA) is 67.4 Å². The standard InChI is InChI=1S/C14H24N2O3S/c1-12(2)15-10-13-4-6-14(7-5-13)11-20(17,18)16-8-9-19-3/h4-7,12,15-16H,8-11H2,1-3H3. The summed E-state index contributed by atoms with van der Waals surface area (Å²) in [6.07, 6.45) is 0. The van der Waals surface area contributed by atoms with Crippen LogP contribution in [0.15, 0.2) is 24.3 Å². The molecule has 0 radical (unpaired) electrons. The molecule has 1 aromatic rings. The van der Waals surface area contributed by atoms with Gasteiger partial charge in [-0.3, -0.25) is 0 Å². The highest BCUT2D eigenvalue weighted by molar-refractivity contribution is 7.88. The fourth-order valence-electron chi connectivity index (χ4n) is 1.64. The molecule has 20 heavy (non-hydrogen) atoms. The Morgan fingerprint density at radius 3 is 2.30 bits per heavy atom. The molecule has 0 aromatic heterocycles. The summed E-state index contributed by atoms with van der Waals surface area (Å²) in [5.74, 6) is -0.00535. The predicted molar refractivity (Wildman–Crippen MR) is 80.9 cm³/mol. The molecule has 114 valence electrons. The molecule has 0 saturated carbocycles. The summed E-state index contributed by atoms with van der Waals surface area (Å²) in [6, 6.07) is 8.05. The van der Waals surface area contributed by atoms with E-state index in [9.17, 15) is 8.42 Å². The Kier molecular flexibility index (Phi) is 7.15. The minimum atomic E-state index is -3.29. The van der Waals surface area contributed by atoms with E-state index in [1.165, 1.54) is 7.11 Å². The van der Waals surface area contributed by atoms with Gasteiger partial charge < -0.3 is 10.1 Å². The van der Waals surface area contributed by atoms with Crippen molar-refractivity contribution in [3.05, 3.63) is 35.4 Å². The summed E-state index contributed by atoms with van der Waals surface area (Å²) in [5, 5.41) is 3.32. The van der Waals surface area contributed by atoms with Crippen molar-refractivity contribution in [2.75, 3.05) is 20.3 Å². The second-order valence-corrected chi connectivity index (χ2v) is 6.81. The molecule has 2 N–H and O–H groups in total. The van der Waals surface area contributed by atoms with Gasteiger partial charge in [0, 0.05) is 26.2 Å². The van der Waals surface area contributed by atoms with E-state index in [1.807, 2.05) is 24.3 Å². The van der Waals surface area contributed by atoms with Crippen LogP contribution in [-0.2, 0) is 27.1 Å². The summed E-state index contributed by atoms with van der Waals surface area (Å²) in [4.78, 5) is 0. The van der Waals surface area contributed by atoms with E-state index < -0.39 is 10.0 Å². The highest BCUT2D eigenvalue weighted by Crippen LogP contribution is 2.08. The maximum atomic E-state index is 11.8. The number of ether oxygens (including phenoxy) is 1. The Morgan fingerprint density at radius 2 is 1.75 bits per heavy atom. The Bertz CT molecular complexity index is 484. The van der Waals surface area contributed by atoms with E-state index in [2.05, 4.69) is 23.9 Å². The van der Waals surface area contributed by atoms with E-state index in [-0.39, 0.29) is 5.75 Å². The molecular formula is C14H24N2O3S. The monoisotopic (exact) mass is 300 g/mol. The molecule has 0 fully saturated rings. The molecule has 1 rings (SSSR count). The average molecular weight is 300 g/mol. The third-order valence-electron chi connectivity index (χ3n) is 2.72. The van der Waals surface area contributed by atoms with Gasteiger partial charge in [0.25, 0.3) is 0 Å². The van der Waals surface area contributed by atoms with Crippen LogP contribution in [-0.4, -0.2) is 34.7 Å². The Hall–Kier alpha value is -0.950.